The van der Waals surface area contributed by atoms with Crippen LogP contribution < -0.4 is 15.2 Å². The van der Waals surface area contributed by atoms with Gasteiger partial charge in [-0.1, -0.05) is 81.2 Å². The van der Waals surface area contributed by atoms with Gasteiger partial charge < -0.3 is 25.1 Å². The van der Waals surface area contributed by atoms with Crippen molar-refractivity contribution in [2.24, 2.45) is 0 Å². The predicted molar refractivity (Wildman–Crippen MR) is 164 cm³/mol. The van der Waals surface area contributed by atoms with Gasteiger partial charge in [0, 0.05) is 31.7 Å². The minimum atomic E-state index is -1.31. The van der Waals surface area contributed by atoms with Gasteiger partial charge >= 0.3 is 11.9 Å². The molecule has 42 heavy (non-hydrogen) atoms. The van der Waals surface area contributed by atoms with Crippen molar-refractivity contribution < 1.29 is 28.9 Å². The van der Waals surface area contributed by atoms with Crippen LogP contribution in [0.3, 0.4) is 0 Å². The molecule has 4 aromatic rings. The van der Waals surface area contributed by atoms with Crippen molar-refractivity contribution in [1.82, 2.24) is 9.97 Å². The standard InChI is InChI=1S/C13H7Cl4NO3.C13H9Cl3N2O3/c1-5-9(16)10(17)11(13(19)20)18-12(5)21-8-3-6(14)2-7(15)4-8;1-20-13(19)12-11(16)9(17)5-10(18-12)21-8-3-6(14)2-7(15)4-8/h2-4H,1H3,(H,19,20);2-5H,1H3,(H2,17,18). The van der Waals surface area contributed by atoms with Crippen LogP contribution in [0.2, 0.25) is 35.2 Å². The molecule has 0 spiro atoms. The van der Waals surface area contributed by atoms with Gasteiger partial charge in [-0.25, -0.2) is 19.6 Å². The Bertz CT molecular complexity index is 1650. The third-order valence-electron chi connectivity index (χ3n) is 4.92. The number of nitrogen functional groups attached to an aromatic ring is 1. The van der Waals surface area contributed by atoms with E-state index in [1.807, 2.05) is 0 Å². The molecule has 2 aromatic heterocycles. The Kier molecular flexibility index (Phi) is 11.6. The maximum Gasteiger partial charge on any atom is 0.358 e. The summed E-state index contributed by atoms with van der Waals surface area (Å²) < 4.78 is 15.6. The monoisotopic (exact) mass is 711 g/mol. The van der Waals surface area contributed by atoms with Crippen LogP contribution in [0.4, 0.5) is 5.69 Å². The maximum absolute atomic E-state index is 11.6. The van der Waals surface area contributed by atoms with Crippen LogP contribution in [0.1, 0.15) is 26.5 Å². The number of ether oxygens (including phenoxy) is 3. The van der Waals surface area contributed by atoms with E-state index in [1.54, 1.807) is 13.0 Å². The highest BCUT2D eigenvalue weighted by molar-refractivity contribution is 6.44. The first-order valence-electron chi connectivity index (χ1n) is 11.1. The summed E-state index contributed by atoms with van der Waals surface area (Å²) in [6.07, 6.45) is 0. The number of hydrogen-bond donors (Lipinski definition) is 2. The second kappa shape index (κ2) is 14.5. The van der Waals surface area contributed by atoms with E-state index in [0.717, 1.165) is 0 Å². The highest BCUT2D eigenvalue weighted by atomic mass is 35.5. The summed E-state index contributed by atoms with van der Waals surface area (Å²) >= 11 is 41.2. The van der Waals surface area contributed by atoms with Crippen LogP contribution in [0.5, 0.6) is 23.3 Å². The zero-order valence-corrected chi connectivity index (χ0v) is 26.4. The first-order chi connectivity index (χ1) is 19.7. The number of halogens is 7. The Hall–Kier alpha value is -2.89. The molecular formula is C26H16Cl7N3O6. The molecule has 2 aromatic carbocycles. The van der Waals surface area contributed by atoms with Crippen molar-refractivity contribution >= 4 is 98.8 Å². The number of pyridine rings is 2. The maximum atomic E-state index is 11.6. The number of aromatic carboxylic acids is 1. The normalized spacial score (nSPS) is 10.4. The van der Waals surface area contributed by atoms with Crippen LogP contribution in [-0.4, -0.2) is 34.1 Å². The Labute approximate surface area is 273 Å². The summed E-state index contributed by atoms with van der Waals surface area (Å²) in [5.74, 6) is -1.30. The van der Waals surface area contributed by atoms with E-state index < -0.39 is 17.6 Å². The number of aromatic nitrogens is 2. The quantitative estimate of drug-likeness (QED) is 0.187. The number of carboxylic acids is 1. The molecule has 0 saturated heterocycles. The molecule has 0 radical (unpaired) electrons. The molecule has 0 fully saturated rings. The fourth-order valence-electron chi connectivity index (χ4n) is 3.05. The molecule has 0 aliphatic rings. The fourth-order valence-corrected chi connectivity index (χ4v) is 4.68. The molecule has 0 amide bonds. The number of anilines is 1. The Morgan fingerprint density at radius 3 is 1.69 bits per heavy atom. The van der Waals surface area contributed by atoms with Gasteiger partial charge in [0.05, 0.1) is 27.9 Å². The van der Waals surface area contributed by atoms with E-state index in [2.05, 4.69) is 14.7 Å². The van der Waals surface area contributed by atoms with E-state index in [0.29, 0.717) is 37.2 Å². The number of nitrogens with two attached hydrogens (primary N) is 1. The molecule has 3 N–H and O–H groups in total. The van der Waals surface area contributed by atoms with Crippen molar-refractivity contribution in [1.29, 1.82) is 0 Å². The molecule has 0 aliphatic carbocycles. The molecule has 2 heterocycles. The number of carboxylic acid groups (broad SMARTS) is 1. The van der Waals surface area contributed by atoms with Gasteiger partial charge in [0.25, 0.3) is 0 Å². The summed E-state index contributed by atoms with van der Waals surface area (Å²) in [5.41, 5.74) is 5.73. The largest absolute Gasteiger partial charge is 0.476 e. The van der Waals surface area contributed by atoms with Gasteiger partial charge in [0.2, 0.25) is 11.8 Å². The van der Waals surface area contributed by atoms with Crippen LogP contribution in [0, 0.1) is 6.92 Å². The molecule has 0 atom stereocenters. The molecule has 4 rings (SSSR count). The molecule has 0 saturated carbocycles. The van der Waals surface area contributed by atoms with Gasteiger partial charge in [-0.2, -0.15) is 0 Å². The lowest BCUT2D eigenvalue weighted by atomic mass is 10.2. The van der Waals surface area contributed by atoms with Gasteiger partial charge in [-0.15, -0.1) is 0 Å². The number of carbonyl (C=O) groups is 2. The van der Waals surface area contributed by atoms with E-state index in [4.69, 9.17) is 102 Å². The highest BCUT2D eigenvalue weighted by Crippen LogP contribution is 2.36. The SMILES string of the molecule is COC(=O)c1nc(Oc2cc(Cl)cc(Cl)c2)cc(N)c1Cl.Cc1c(Oc2cc(Cl)cc(Cl)c2)nc(C(=O)O)c(Cl)c1Cl. The summed E-state index contributed by atoms with van der Waals surface area (Å²) in [5, 5.41) is 10.5. The van der Waals surface area contributed by atoms with Gasteiger partial charge in [0.1, 0.15) is 11.5 Å². The molecular weight excluding hydrogens is 698 g/mol. The van der Waals surface area contributed by atoms with Gasteiger partial charge in [0.15, 0.2) is 11.4 Å². The third-order valence-corrected chi connectivity index (χ3v) is 7.12. The van der Waals surface area contributed by atoms with Crippen LogP contribution in [0.25, 0.3) is 0 Å². The third kappa shape index (κ3) is 8.58. The van der Waals surface area contributed by atoms with Crippen molar-refractivity contribution in [3.05, 3.63) is 94.6 Å². The minimum Gasteiger partial charge on any atom is -0.476 e. The lowest BCUT2D eigenvalue weighted by molar-refractivity contribution is 0.0592. The lowest BCUT2D eigenvalue weighted by Gasteiger charge is -2.12. The van der Waals surface area contributed by atoms with E-state index in [1.165, 1.54) is 43.5 Å². The van der Waals surface area contributed by atoms with E-state index in [-0.39, 0.29) is 38.2 Å². The van der Waals surface area contributed by atoms with Crippen molar-refractivity contribution in [2.45, 2.75) is 6.92 Å². The van der Waals surface area contributed by atoms with Crippen molar-refractivity contribution in [2.75, 3.05) is 12.8 Å². The lowest BCUT2D eigenvalue weighted by Crippen LogP contribution is -2.08. The van der Waals surface area contributed by atoms with Gasteiger partial charge in [-0.05, 0) is 43.3 Å². The molecule has 16 heteroatoms. The smallest absolute Gasteiger partial charge is 0.358 e. The molecule has 9 nitrogen and oxygen atoms in total. The second-order valence-electron chi connectivity index (χ2n) is 7.94. The molecule has 0 aliphatic heterocycles. The number of benzene rings is 2. The number of nitrogens with zero attached hydrogens (tertiary/aromatic N) is 2. The number of hydrogen-bond acceptors (Lipinski definition) is 8. The number of carbonyl (C=O) groups excluding carboxylic acids is 1. The summed E-state index contributed by atoms with van der Waals surface area (Å²) in [6.45, 7) is 1.61. The van der Waals surface area contributed by atoms with E-state index in [9.17, 15) is 9.59 Å². The average molecular weight is 715 g/mol. The van der Waals surface area contributed by atoms with Crippen LogP contribution in [-0.2, 0) is 4.74 Å². The second-order valence-corrected chi connectivity index (χ2v) is 10.8. The number of methoxy groups -OCH3 is 1. The first-order valence-corrected chi connectivity index (χ1v) is 13.8. The Morgan fingerprint density at radius 2 is 1.21 bits per heavy atom. The fraction of sp³-hybridized carbons (Fsp3) is 0.0769. The number of esters is 1. The van der Waals surface area contributed by atoms with Crippen molar-refractivity contribution in [3.63, 3.8) is 0 Å². The van der Waals surface area contributed by atoms with Crippen LogP contribution in [0.15, 0.2) is 42.5 Å². The molecule has 0 unspecified atom stereocenters. The Morgan fingerprint density at radius 1 is 0.714 bits per heavy atom. The summed E-state index contributed by atoms with van der Waals surface area (Å²) in [6, 6.07) is 10.6. The Balaban J connectivity index is 0.000000230. The summed E-state index contributed by atoms with van der Waals surface area (Å²) in [4.78, 5) is 30.5. The molecule has 0 bridgehead atoms. The first kappa shape index (κ1) is 33.6. The zero-order chi connectivity index (χ0) is 31.3. The number of rotatable bonds is 6. The average Bonchev–Trinajstić information content (AvgIpc) is 2.89. The summed E-state index contributed by atoms with van der Waals surface area (Å²) in [7, 11) is 1.21. The van der Waals surface area contributed by atoms with E-state index >= 15 is 0 Å². The van der Waals surface area contributed by atoms with Gasteiger partial charge in [-0.3, -0.25) is 0 Å². The predicted octanol–water partition coefficient (Wildman–Crippen LogP) is 9.70. The topological polar surface area (TPSA) is 134 Å². The van der Waals surface area contributed by atoms with Crippen LogP contribution >= 0.6 is 81.2 Å². The zero-order valence-electron chi connectivity index (χ0n) is 21.1. The molecule has 220 valence electrons. The minimum absolute atomic E-state index is 0.00155. The van der Waals surface area contributed by atoms with Crippen molar-refractivity contribution in [3.8, 4) is 23.3 Å². The highest BCUT2D eigenvalue weighted by Gasteiger charge is 2.21.